The van der Waals surface area contributed by atoms with Gasteiger partial charge in [-0.25, -0.2) is 5.10 Å². The second-order valence-electron chi connectivity index (χ2n) is 2.92. The van der Waals surface area contributed by atoms with Gasteiger partial charge in [-0.2, -0.15) is 11.3 Å². The molecule has 2 rings (SSSR count). The Hall–Kier alpha value is -1.14. The van der Waals surface area contributed by atoms with E-state index in [-0.39, 0.29) is 0 Å². The van der Waals surface area contributed by atoms with Crippen molar-refractivity contribution in [3.63, 3.8) is 0 Å². The zero-order valence-electron chi connectivity index (χ0n) is 7.43. The molecular weight excluding hydrogens is 216 g/mol. The zero-order valence-corrected chi connectivity index (χ0v) is 9.07. The highest BCUT2D eigenvalue weighted by Gasteiger charge is 2.01. The van der Waals surface area contributed by atoms with Crippen molar-refractivity contribution in [1.29, 1.82) is 0 Å². The Morgan fingerprint density at radius 2 is 2.50 bits per heavy atom. The number of nitrogens with zero attached hydrogens (tertiary/aromatic N) is 2. The van der Waals surface area contributed by atoms with Gasteiger partial charge in [-0.3, -0.25) is 4.57 Å². The van der Waals surface area contributed by atoms with Crippen LogP contribution in [0.4, 0.5) is 5.95 Å². The Balaban J connectivity index is 2.09. The van der Waals surface area contributed by atoms with E-state index in [0.717, 1.165) is 13.0 Å². The summed E-state index contributed by atoms with van der Waals surface area (Å²) in [4.78, 5) is 0. The van der Waals surface area contributed by atoms with Gasteiger partial charge in [0.1, 0.15) is 0 Å². The lowest BCUT2D eigenvalue weighted by Crippen LogP contribution is -2.05. The summed E-state index contributed by atoms with van der Waals surface area (Å²) in [5.74, 6) is 0.449. The van der Waals surface area contributed by atoms with Gasteiger partial charge >= 0.3 is 0 Å². The normalized spacial score (nSPS) is 10.6. The number of hydrogen-bond acceptors (Lipinski definition) is 4. The minimum absolute atomic E-state index is 0.449. The SMILES string of the molecule is Nc1n[nH]c(=S)n1CCc1ccsc1. The minimum atomic E-state index is 0.449. The molecule has 0 aliphatic rings. The second-order valence-corrected chi connectivity index (χ2v) is 4.09. The Bertz CT molecular complexity index is 454. The Kier molecular flexibility index (Phi) is 2.64. The molecule has 0 fully saturated rings. The summed E-state index contributed by atoms with van der Waals surface area (Å²) in [6.07, 6.45) is 0.932. The van der Waals surface area contributed by atoms with Crippen molar-refractivity contribution in [2.75, 3.05) is 5.73 Å². The van der Waals surface area contributed by atoms with E-state index in [1.165, 1.54) is 5.56 Å². The molecule has 4 nitrogen and oxygen atoms in total. The molecule has 0 spiro atoms. The van der Waals surface area contributed by atoms with Crippen molar-refractivity contribution in [3.05, 3.63) is 27.2 Å². The highest BCUT2D eigenvalue weighted by molar-refractivity contribution is 7.71. The molecule has 0 amide bonds. The monoisotopic (exact) mass is 226 g/mol. The van der Waals surface area contributed by atoms with E-state index >= 15 is 0 Å². The first-order valence-electron chi connectivity index (χ1n) is 4.19. The number of nitrogens with two attached hydrogens (primary N) is 1. The average molecular weight is 226 g/mol. The van der Waals surface area contributed by atoms with Gasteiger partial charge in [-0.15, -0.1) is 5.10 Å². The third-order valence-electron chi connectivity index (χ3n) is 1.99. The first-order chi connectivity index (χ1) is 6.77. The number of nitrogen functional groups attached to an aromatic ring is 1. The summed E-state index contributed by atoms with van der Waals surface area (Å²) in [7, 11) is 0. The van der Waals surface area contributed by atoms with E-state index in [4.69, 9.17) is 18.0 Å². The van der Waals surface area contributed by atoms with E-state index in [1.54, 1.807) is 15.9 Å². The lowest BCUT2D eigenvalue weighted by molar-refractivity contribution is 0.695. The second kappa shape index (κ2) is 3.93. The van der Waals surface area contributed by atoms with Crippen molar-refractivity contribution in [3.8, 4) is 0 Å². The van der Waals surface area contributed by atoms with E-state index in [9.17, 15) is 0 Å². The molecule has 14 heavy (non-hydrogen) atoms. The standard InChI is InChI=1S/C8H10N4S2/c9-7-10-11-8(13)12(7)3-1-6-2-4-14-5-6/h2,4-5H,1,3H2,(H2,9,10)(H,11,13). The number of aromatic amines is 1. The summed E-state index contributed by atoms with van der Waals surface area (Å²) < 4.78 is 2.38. The molecule has 0 saturated heterocycles. The summed E-state index contributed by atoms with van der Waals surface area (Å²) in [6, 6.07) is 2.10. The number of anilines is 1. The number of H-pyrrole nitrogens is 1. The van der Waals surface area contributed by atoms with Gasteiger partial charge in [0.05, 0.1) is 0 Å². The third kappa shape index (κ3) is 1.85. The quantitative estimate of drug-likeness (QED) is 0.785. The van der Waals surface area contributed by atoms with Crippen molar-refractivity contribution < 1.29 is 0 Å². The molecule has 2 aromatic rings. The minimum Gasteiger partial charge on any atom is -0.368 e. The van der Waals surface area contributed by atoms with Crippen LogP contribution in [0.3, 0.4) is 0 Å². The van der Waals surface area contributed by atoms with Crippen molar-refractivity contribution in [1.82, 2.24) is 14.8 Å². The van der Waals surface area contributed by atoms with Crippen LogP contribution in [0.1, 0.15) is 5.56 Å². The zero-order chi connectivity index (χ0) is 9.97. The number of rotatable bonds is 3. The number of hydrogen-bond donors (Lipinski definition) is 2. The summed E-state index contributed by atoms with van der Waals surface area (Å²) in [5.41, 5.74) is 6.94. The van der Waals surface area contributed by atoms with Crippen LogP contribution in [-0.2, 0) is 13.0 Å². The first kappa shape index (κ1) is 9.42. The molecule has 0 atom stereocenters. The molecule has 0 bridgehead atoms. The maximum Gasteiger partial charge on any atom is 0.220 e. The predicted molar refractivity (Wildman–Crippen MR) is 59.8 cm³/mol. The van der Waals surface area contributed by atoms with Crippen molar-refractivity contribution >= 4 is 29.5 Å². The molecule has 0 aliphatic heterocycles. The molecule has 74 valence electrons. The van der Waals surface area contributed by atoms with Gasteiger partial charge < -0.3 is 5.73 Å². The summed E-state index contributed by atoms with van der Waals surface area (Å²) in [6.45, 7) is 0.776. The van der Waals surface area contributed by atoms with Gasteiger partial charge in [0.25, 0.3) is 0 Å². The van der Waals surface area contributed by atoms with Crippen LogP contribution in [0.25, 0.3) is 0 Å². The fourth-order valence-electron chi connectivity index (χ4n) is 1.22. The highest BCUT2D eigenvalue weighted by Crippen LogP contribution is 2.09. The maximum absolute atomic E-state index is 5.64. The van der Waals surface area contributed by atoms with Crippen LogP contribution in [0, 0.1) is 4.77 Å². The summed E-state index contributed by atoms with van der Waals surface area (Å²) >= 11 is 6.73. The number of aryl methyl sites for hydroxylation is 1. The van der Waals surface area contributed by atoms with Gasteiger partial charge in [0, 0.05) is 6.54 Å². The fourth-order valence-corrected chi connectivity index (χ4v) is 2.16. The molecular formula is C8H10N4S2. The van der Waals surface area contributed by atoms with Crippen LogP contribution in [0.2, 0.25) is 0 Å². The highest BCUT2D eigenvalue weighted by atomic mass is 32.1. The van der Waals surface area contributed by atoms with Gasteiger partial charge in [-0.05, 0) is 41.0 Å². The number of nitrogens with one attached hydrogen (secondary N) is 1. The van der Waals surface area contributed by atoms with Crippen LogP contribution in [0.5, 0.6) is 0 Å². The first-order valence-corrected chi connectivity index (χ1v) is 5.54. The van der Waals surface area contributed by atoms with E-state index in [0.29, 0.717) is 10.7 Å². The van der Waals surface area contributed by atoms with Crippen molar-refractivity contribution in [2.24, 2.45) is 0 Å². The van der Waals surface area contributed by atoms with Crippen LogP contribution >= 0.6 is 23.6 Å². The maximum atomic E-state index is 5.64. The number of thiophene rings is 1. The third-order valence-corrected chi connectivity index (χ3v) is 3.04. The molecule has 0 aromatic carbocycles. The Morgan fingerprint density at radius 1 is 1.64 bits per heavy atom. The molecule has 3 N–H and O–H groups in total. The van der Waals surface area contributed by atoms with Gasteiger partial charge in [-0.1, -0.05) is 0 Å². The van der Waals surface area contributed by atoms with Gasteiger partial charge in [0.2, 0.25) is 5.95 Å². The molecule has 0 unspecified atom stereocenters. The lowest BCUT2D eigenvalue weighted by atomic mass is 10.2. The topological polar surface area (TPSA) is 59.6 Å². The van der Waals surface area contributed by atoms with Crippen LogP contribution in [-0.4, -0.2) is 14.8 Å². The lowest BCUT2D eigenvalue weighted by Gasteiger charge is -2.01. The van der Waals surface area contributed by atoms with E-state index in [1.807, 2.05) is 0 Å². The van der Waals surface area contributed by atoms with E-state index in [2.05, 4.69) is 27.0 Å². The van der Waals surface area contributed by atoms with Crippen molar-refractivity contribution in [2.45, 2.75) is 13.0 Å². The smallest absolute Gasteiger partial charge is 0.220 e. The van der Waals surface area contributed by atoms with Gasteiger partial charge in [0.15, 0.2) is 4.77 Å². The molecule has 2 aromatic heterocycles. The van der Waals surface area contributed by atoms with Crippen LogP contribution < -0.4 is 5.73 Å². The largest absolute Gasteiger partial charge is 0.368 e. The number of aromatic nitrogens is 3. The predicted octanol–water partition coefficient (Wildman–Crippen LogP) is 1.83. The fraction of sp³-hybridized carbons (Fsp3) is 0.250. The van der Waals surface area contributed by atoms with Crippen LogP contribution in [0.15, 0.2) is 16.8 Å². The molecule has 2 heterocycles. The Labute approximate surface area is 90.4 Å². The average Bonchev–Trinajstić information content (AvgIpc) is 2.76. The molecule has 0 aliphatic carbocycles. The summed E-state index contributed by atoms with van der Waals surface area (Å²) in [5, 5.41) is 10.7. The molecule has 0 radical (unpaired) electrons. The molecule has 6 heteroatoms. The van der Waals surface area contributed by atoms with E-state index < -0.39 is 0 Å². The molecule has 0 saturated carbocycles. The Morgan fingerprint density at radius 3 is 3.07 bits per heavy atom.